The second kappa shape index (κ2) is 8.90. The van der Waals surface area contributed by atoms with Gasteiger partial charge in [0.15, 0.2) is 0 Å². The van der Waals surface area contributed by atoms with Crippen LogP contribution in [0.25, 0.3) is 0 Å². The van der Waals surface area contributed by atoms with Gasteiger partial charge in [-0.25, -0.2) is 0 Å². The standard InChI is InChI=1S/C16H23N3O3S/c1-23-10-5-14(17)15(20)18-13-4-2-3-12(11-13)16(21)19-6-8-22-9-7-19/h2-4,11,14H,5-10,17H2,1H3,(H,18,20)/t14-/m0/s1. The molecule has 1 atom stereocenters. The van der Waals surface area contributed by atoms with Crippen molar-refractivity contribution in [3.63, 3.8) is 0 Å². The van der Waals surface area contributed by atoms with Crippen LogP contribution in [-0.2, 0) is 9.53 Å². The molecule has 2 rings (SSSR count). The van der Waals surface area contributed by atoms with Gasteiger partial charge in [0.2, 0.25) is 5.91 Å². The number of rotatable bonds is 6. The van der Waals surface area contributed by atoms with E-state index >= 15 is 0 Å². The smallest absolute Gasteiger partial charge is 0.254 e. The summed E-state index contributed by atoms with van der Waals surface area (Å²) in [4.78, 5) is 26.2. The highest BCUT2D eigenvalue weighted by Gasteiger charge is 2.19. The highest BCUT2D eigenvalue weighted by atomic mass is 32.2. The summed E-state index contributed by atoms with van der Waals surface area (Å²) in [7, 11) is 0. The number of carbonyl (C=O) groups excluding carboxylic acids is 2. The first kappa shape index (κ1) is 17.8. The molecule has 7 heteroatoms. The van der Waals surface area contributed by atoms with Crippen molar-refractivity contribution in [2.24, 2.45) is 5.73 Å². The molecule has 1 aromatic rings. The number of nitrogens with zero attached hydrogens (tertiary/aromatic N) is 1. The lowest BCUT2D eigenvalue weighted by Crippen LogP contribution is -2.40. The van der Waals surface area contributed by atoms with E-state index in [1.165, 1.54) is 0 Å². The largest absolute Gasteiger partial charge is 0.378 e. The quantitative estimate of drug-likeness (QED) is 0.814. The van der Waals surface area contributed by atoms with Crippen LogP contribution in [0.1, 0.15) is 16.8 Å². The lowest BCUT2D eigenvalue weighted by Gasteiger charge is -2.27. The second-order valence-corrected chi connectivity index (χ2v) is 6.35. The predicted molar refractivity (Wildman–Crippen MR) is 92.8 cm³/mol. The highest BCUT2D eigenvalue weighted by molar-refractivity contribution is 7.98. The molecule has 0 aliphatic carbocycles. The monoisotopic (exact) mass is 337 g/mol. The molecular weight excluding hydrogens is 314 g/mol. The van der Waals surface area contributed by atoms with E-state index in [9.17, 15) is 9.59 Å². The lowest BCUT2D eigenvalue weighted by atomic mass is 10.1. The van der Waals surface area contributed by atoms with Crippen LogP contribution in [0.5, 0.6) is 0 Å². The molecule has 2 amide bonds. The highest BCUT2D eigenvalue weighted by Crippen LogP contribution is 2.14. The number of nitrogens with two attached hydrogens (primary N) is 1. The van der Waals surface area contributed by atoms with E-state index in [4.69, 9.17) is 10.5 Å². The van der Waals surface area contributed by atoms with E-state index < -0.39 is 6.04 Å². The third kappa shape index (κ3) is 5.23. The maximum Gasteiger partial charge on any atom is 0.254 e. The van der Waals surface area contributed by atoms with Gasteiger partial charge in [-0.05, 0) is 36.6 Å². The van der Waals surface area contributed by atoms with Crippen LogP contribution in [0.4, 0.5) is 5.69 Å². The van der Waals surface area contributed by atoms with Gasteiger partial charge in [0, 0.05) is 24.3 Å². The van der Waals surface area contributed by atoms with Crippen molar-refractivity contribution in [1.29, 1.82) is 0 Å². The first-order chi connectivity index (χ1) is 11.1. The summed E-state index contributed by atoms with van der Waals surface area (Å²) in [6.45, 7) is 2.31. The lowest BCUT2D eigenvalue weighted by molar-refractivity contribution is -0.117. The van der Waals surface area contributed by atoms with E-state index in [2.05, 4.69) is 5.32 Å². The van der Waals surface area contributed by atoms with E-state index in [0.29, 0.717) is 44.0 Å². The van der Waals surface area contributed by atoms with Gasteiger partial charge in [0.25, 0.3) is 5.91 Å². The number of thioether (sulfide) groups is 1. The molecule has 1 heterocycles. The minimum absolute atomic E-state index is 0.0453. The summed E-state index contributed by atoms with van der Waals surface area (Å²) >= 11 is 1.66. The number of morpholine rings is 1. The van der Waals surface area contributed by atoms with Gasteiger partial charge in [0.1, 0.15) is 0 Å². The van der Waals surface area contributed by atoms with Gasteiger partial charge >= 0.3 is 0 Å². The minimum atomic E-state index is -0.541. The number of carbonyl (C=O) groups is 2. The summed E-state index contributed by atoms with van der Waals surface area (Å²) < 4.78 is 5.25. The third-order valence-electron chi connectivity index (χ3n) is 3.65. The SMILES string of the molecule is CSCC[C@H](N)C(=O)Nc1cccc(C(=O)N2CCOCC2)c1. The number of amides is 2. The zero-order valence-corrected chi connectivity index (χ0v) is 14.1. The van der Waals surface area contributed by atoms with Crippen molar-refractivity contribution < 1.29 is 14.3 Å². The maximum atomic E-state index is 12.4. The summed E-state index contributed by atoms with van der Waals surface area (Å²) in [5.74, 6) is 0.565. The Morgan fingerprint density at radius 3 is 2.83 bits per heavy atom. The molecule has 1 aliphatic heterocycles. The molecule has 126 valence electrons. The molecule has 6 nitrogen and oxygen atoms in total. The van der Waals surface area contributed by atoms with Crippen LogP contribution >= 0.6 is 11.8 Å². The molecule has 0 spiro atoms. The Kier molecular flexibility index (Phi) is 6.88. The fourth-order valence-electron chi connectivity index (χ4n) is 2.29. The number of hydrogen-bond donors (Lipinski definition) is 2. The van der Waals surface area contributed by atoms with Crippen LogP contribution in [0.15, 0.2) is 24.3 Å². The molecule has 0 radical (unpaired) electrons. The van der Waals surface area contributed by atoms with Crippen LogP contribution < -0.4 is 11.1 Å². The maximum absolute atomic E-state index is 12.4. The van der Waals surface area contributed by atoms with Gasteiger partial charge in [0.05, 0.1) is 19.3 Å². The van der Waals surface area contributed by atoms with E-state index in [0.717, 1.165) is 5.75 Å². The third-order valence-corrected chi connectivity index (χ3v) is 4.29. The Morgan fingerprint density at radius 1 is 1.39 bits per heavy atom. The predicted octanol–water partition coefficient (Wildman–Crippen LogP) is 1.18. The molecule has 0 unspecified atom stereocenters. The Balaban J connectivity index is 1.98. The Morgan fingerprint density at radius 2 is 2.13 bits per heavy atom. The molecular formula is C16H23N3O3S. The van der Waals surface area contributed by atoms with Gasteiger partial charge < -0.3 is 20.7 Å². The van der Waals surface area contributed by atoms with E-state index in [1.54, 1.807) is 40.9 Å². The molecule has 1 saturated heterocycles. The molecule has 0 saturated carbocycles. The zero-order chi connectivity index (χ0) is 16.7. The topological polar surface area (TPSA) is 84.7 Å². The van der Waals surface area contributed by atoms with E-state index in [-0.39, 0.29) is 11.8 Å². The molecule has 23 heavy (non-hydrogen) atoms. The fraction of sp³-hybridized carbons (Fsp3) is 0.500. The van der Waals surface area contributed by atoms with Crippen molar-refractivity contribution >= 4 is 29.3 Å². The van der Waals surface area contributed by atoms with Crippen molar-refractivity contribution in [2.75, 3.05) is 43.6 Å². The number of nitrogens with one attached hydrogen (secondary N) is 1. The van der Waals surface area contributed by atoms with Crippen molar-refractivity contribution in [3.8, 4) is 0 Å². The molecule has 0 bridgehead atoms. The van der Waals surface area contributed by atoms with Gasteiger partial charge in [-0.3, -0.25) is 9.59 Å². The molecule has 1 aliphatic rings. The van der Waals surface area contributed by atoms with Crippen LogP contribution in [0.2, 0.25) is 0 Å². The van der Waals surface area contributed by atoms with Crippen molar-refractivity contribution in [2.45, 2.75) is 12.5 Å². The summed E-state index contributed by atoms with van der Waals surface area (Å²) in [5, 5.41) is 2.78. The fourth-order valence-corrected chi connectivity index (χ4v) is 2.78. The molecule has 1 aromatic carbocycles. The van der Waals surface area contributed by atoms with Crippen molar-refractivity contribution in [1.82, 2.24) is 4.90 Å². The minimum Gasteiger partial charge on any atom is -0.378 e. The summed E-state index contributed by atoms with van der Waals surface area (Å²) in [6, 6.07) is 6.42. The Bertz CT molecular complexity index is 547. The second-order valence-electron chi connectivity index (χ2n) is 5.36. The van der Waals surface area contributed by atoms with Crippen LogP contribution in [0, 0.1) is 0 Å². The first-order valence-corrected chi connectivity index (χ1v) is 9.03. The number of anilines is 1. The zero-order valence-electron chi connectivity index (χ0n) is 13.3. The van der Waals surface area contributed by atoms with Gasteiger partial charge in [-0.1, -0.05) is 6.07 Å². The summed E-state index contributed by atoms with van der Waals surface area (Å²) in [5.41, 5.74) is 7.00. The van der Waals surface area contributed by atoms with Crippen molar-refractivity contribution in [3.05, 3.63) is 29.8 Å². The first-order valence-electron chi connectivity index (χ1n) is 7.64. The van der Waals surface area contributed by atoms with Gasteiger partial charge in [-0.15, -0.1) is 0 Å². The number of benzene rings is 1. The Labute approximate surface area is 140 Å². The average Bonchev–Trinajstić information content (AvgIpc) is 2.60. The number of hydrogen-bond acceptors (Lipinski definition) is 5. The summed E-state index contributed by atoms with van der Waals surface area (Å²) in [6.07, 6.45) is 2.60. The van der Waals surface area contributed by atoms with Gasteiger partial charge in [-0.2, -0.15) is 11.8 Å². The van der Waals surface area contributed by atoms with E-state index in [1.807, 2.05) is 6.26 Å². The Hall–Kier alpha value is -1.57. The number of ether oxygens (including phenoxy) is 1. The molecule has 3 N–H and O–H groups in total. The molecule has 0 aromatic heterocycles. The normalized spacial score (nSPS) is 16.0. The average molecular weight is 337 g/mol. The van der Waals surface area contributed by atoms with Crippen LogP contribution in [-0.4, -0.2) is 61.1 Å². The molecule has 1 fully saturated rings. The van der Waals surface area contributed by atoms with Crippen LogP contribution in [0.3, 0.4) is 0 Å².